The Morgan fingerprint density at radius 1 is 1.36 bits per heavy atom. The summed E-state index contributed by atoms with van der Waals surface area (Å²) in [4.78, 5) is 26.3. The van der Waals surface area contributed by atoms with E-state index in [4.69, 9.17) is 14.2 Å². The molecule has 2 N–H and O–H groups in total. The van der Waals surface area contributed by atoms with E-state index in [1.165, 1.54) is 6.92 Å². The predicted octanol–water partition coefficient (Wildman–Crippen LogP) is 0.989. The number of amides is 1. The van der Waals surface area contributed by atoms with E-state index in [9.17, 15) is 14.7 Å². The number of aliphatic hydroxyl groups excluding tert-OH is 1. The first-order chi connectivity index (χ1) is 12.0. The van der Waals surface area contributed by atoms with Crippen LogP contribution in [0.5, 0.6) is 11.5 Å². The molecule has 0 spiro atoms. The average molecular weight is 346 g/mol. The highest BCUT2D eigenvalue weighted by Crippen LogP contribution is 2.32. The van der Waals surface area contributed by atoms with E-state index in [0.29, 0.717) is 24.7 Å². The fourth-order valence-electron chi connectivity index (χ4n) is 2.40. The molecule has 2 aliphatic rings. The van der Waals surface area contributed by atoms with Crippen molar-refractivity contribution < 1.29 is 28.9 Å². The quantitative estimate of drug-likeness (QED) is 0.588. The third-order valence-corrected chi connectivity index (χ3v) is 3.58. The molecule has 1 aromatic rings. The summed E-state index contributed by atoms with van der Waals surface area (Å²) in [5, 5.41) is 11.8. The van der Waals surface area contributed by atoms with Gasteiger partial charge in [0.1, 0.15) is 17.1 Å². The molecule has 2 aliphatic heterocycles. The van der Waals surface area contributed by atoms with Crippen molar-refractivity contribution in [1.82, 2.24) is 5.32 Å². The van der Waals surface area contributed by atoms with Crippen LogP contribution in [-0.4, -0.2) is 42.4 Å². The SMILES string of the molecule is CC(=O)OCCCCOc1ccc2c(c1)OC1=NC(O)NC(=O)C1=C2. The lowest BCUT2D eigenvalue weighted by Gasteiger charge is -2.24. The molecular formula is C17H18N2O6. The Hall–Kier alpha value is -2.87. The zero-order chi connectivity index (χ0) is 17.8. The van der Waals surface area contributed by atoms with Crippen LogP contribution in [0.2, 0.25) is 0 Å². The van der Waals surface area contributed by atoms with Crippen molar-refractivity contribution in [3.63, 3.8) is 0 Å². The van der Waals surface area contributed by atoms with Crippen molar-refractivity contribution in [2.24, 2.45) is 4.99 Å². The van der Waals surface area contributed by atoms with Gasteiger partial charge >= 0.3 is 5.97 Å². The molecular weight excluding hydrogens is 328 g/mol. The molecule has 0 saturated heterocycles. The smallest absolute Gasteiger partial charge is 0.302 e. The van der Waals surface area contributed by atoms with Crippen molar-refractivity contribution in [3.05, 3.63) is 29.3 Å². The van der Waals surface area contributed by atoms with E-state index in [2.05, 4.69) is 10.3 Å². The second-order valence-electron chi connectivity index (χ2n) is 5.54. The number of nitrogens with zero attached hydrogens (tertiary/aromatic N) is 1. The number of hydrogen-bond donors (Lipinski definition) is 2. The molecule has 132 valence electrons. The average Bonchev–Trinajstić information content (AvgIpc) is 2.56. The Balaban J connectivity index is 1.60. The summed E-state index contributed by atoms with van der Waals surface area (Å²) in [5.41, 5.74) is 1.000. The largest absolute Gasteiger partial charge is 0.493 e. The summed E-state index contributed by atoms with van der Waals surface area (Å²) < 4.78 is 16.1. The Morgan fingerprint density at radius 2 is 2.16 bits per heavy atom. The molecule has 1 amide bonds. The lowest BCUT2D eigenvalue weighted by molar-refractivity contribution is -0.141. The molecule has 25 heavy (non-hydrogen) atoms. The van der Waals surface area contributed by atoms with Crippen LogP contribution in [0.1, 0.15) is 25.3 Å². The fourth-order valence-corrected chi connectivity index (χ4v) is 2.40. The van der Waals surface area contributed by atoms with Crippen LogP contribution in [0.15, 0.2) is 28.8 Å². The molecule has 8 heteroatoms. The molecule has 1 unspecified atom stereocenters. The molecule has 0 fully saturated rings. The van der Waals surface area contributed by atoms with Gasteiger partial charge in [-0.05, 0) is 31.1 Å². The summed E-state index contributed by atoms with van der Waals surface area (Å²) in [5.74, 6) is 0.481. The van der Waals surface area contributed by atoms with Gasteiger partial charge in [-0.25, -0.2) is 0 Å². The van der Waals surface area contributed by atoms with Gasteiger partial charge in [0.15, 0.2) is 0 Å². The highest BCUT2D eigenvalue weighted by molar-refractivity contribution is 6.24. The third-order valence-electron chi connectivity index (χ3n) is 3.58. The summed E-state index contributed by atoms with van der Waals surface area (Å²) in [6.45, 7) is 2.23. The highest BCUT2D eigenvalue weighted by atomic mass is 16.5. The maximum atomic E-state index is 11.8. The Morgan fingerprint density at radius 3 is 2.96 bits per heavy atom. The van der Waals surface area contributed by atoms with E-state index < -0.39 is 12.3 Å². The van der Waals surface area contributed by atoms with E-state index >= 15 is 0 Å². The molecule has 8 nitrogen and oxygen atoms in total. The maximum absolute atomic E-state index is 11.8. The van der Waals surface area contributed by atoms with Crippen molar-refractivity contribution in [3.8, 4) is 11.5 Å². The monoisotopic (exact) mass is 346 g/mol. The number of carbonyl (C=O) groups excluding carboxylic acids is 2. The number of aliphatic hydroxyl groups is 1. The van der Waals surface area contributed by atoms with E-state index in [1.807, 2.05) is 0 Å². The van der Waals surface area contributed by atoms with Gasteiger partial charge in [-0.15, -0.1) is 0 Å². The Labute approximate surface area is 144 Å². The molecule has 0 aliphatic carbocycles. The number of aliphatic imine (C=N–C) groups is 1. The number of unbranched alkanes of at least 4 members (excludes halogenated alkanes) is 1. The van der Waals surface area contributed by atoms with Crippen LogP contribution in [-0.2, 0) is 14.3 Å². The lowest BCUT2D eigenvalue weighted by Crippen LogP contribution is -2.43. The van der Waals surface area contributed by atoms with Gasteiger partial charge in [-0.2, -0.15) is 4.99 Å². The first-order valence-electron chi connectivity index (χ1n) is 7.90. The topological polar surface area (TPSA) is 106 Å². The van der Waals surface area contributed by atoms with E-state index in [1.54, 1.807) is 24.3 Å². The molecule has 2 heterocycles. The zero-order valence-electron chi connectivity index (χ0n) is 13.7. The van der Waals surface area contributed by atoms with Crippen LogP contribution < -0.4 is 14.8 Å². The van der Waals surface area contributed by atoms with E-state index in [0.717, 1.165) is 18.4 Å². The minimum Gasteiger partial charge on any atom is -0.493 e. The van der Waals surface area contributed by atoms with Gasteiger partial charge in [0, 0.05) is 18.6 Å². The van der Waals surface area contributed by atoms with Gasteiger partial charge in [-0.1, -0.05) is 0 Å². The number of carbonyl (C=O) groups is 2. The van der Waals surface area contributed by atoms with Crippen LogP contribution >= 0.6 is 0 Å². The molecule has 1 atom stereocenters. The molecule has 3 rings (SSSR count). The number of benzene rings is 1. The minimum atomic E-state index is -1.31. The Kier molecular flexibility index (Phi) is 4.99. The first-order valence-corrected chi connectivity index (χ1v) is 7.90. The number of rotatable bonds is 6. The minimum absolute atomic E-state index is 0.0854. The summed E-state index contributed by atoms with van der Waals surface area (Å²) in [6, 6.07) is 5.27. The molecule has 0 aromatic heterocycles. The van der Waals surface area contributed by atoms with Crippen molar-refractivity contribution in [2.45, 2.75) is 26.1 Å². The summed E-state index contributed by atoms with van der Waals surface area (Å²) >= 11 is 0. The first kappa shape index (κ1) is 17.0. The van der Waals surface area contributed by atoms with Crippen molar-refractivity contribution in [2.75, 3.05) is 13.2 Å². The summed E-state index contributed by atoms with van der Waals surface area (Å²) in [7, 11) is 0. The van der Waals surface area contributed by atoms with Crippen LogP contribution in [0.3, 0.4) is 0 Å². The molecule has 0 bridgehead atoms. The van der Waals surface area contributed by atoms with Gasteiger partial charge in [0.2, 0.25) is 12.2 Å². The van der Waals surface area contributed by atoms with Crippen LogP contribution in [0.25, 0.3) is 6.08 Å². The molecule has 1 aromatic carbocycles. The maximum Gasteiger partial charge on any atom is 0.302 e. The second kappa shape index (κ2) is 7.35. The Bertz CT molecular complexity index is 756. The van der Waals surface area contributed by atoms with Crippen molar-refractivity contribution >= 4 is 23.9 Å². The number of hydrogen-bond acceptors (Lipinski definition) is 7. The normalized spacial score (nSPS) is 18.0. The second-order valence-corrected chi connectivity index (χ2v) is 5.54. The molecule has 0 saturated carbocycles. The van der Waals surface area contributed by atoms with Gasteiger partial charge in [-0.3, -0.25) is 9.59 Å². The van der Waals surface area contributed by atoms with Crippen LogP contribution in [0.4, 0.5) is 0 Å². The fraction of sp³-hybridized carbons (Fsp3) is 0.353. The van der Waals surface area contributed by atoms with Crippen LogP contribution in [0, 0.1) is 0 Å². The van der Waals surface area contributed by atoms with Gasteiger partial charge in [0.05, 0.1) is 13.2 Å². The number of fused-ring (bicyclic) bond motifs is 2. The lowest BCUT2D eigenvalue weighted by atomic mass is 10.1. The third kappa shape index (κ3) is 4.16. The van der Waals surface area contributed by atoms with Gasteiger partial charge in [0.25, 0.3) is 5.91 Å². The van der Waals surface area contributed by atoms with Crippen molar-refractivity contribution in [1.29, 1.82) is 0 Å². The summed E-state index contributed by atoms with van der Waals surface area (Å²) in [6.07, 6.45) is 1.81. The molecule has 0 radical (unpaired) electrons. The number of ether oxygens (including phenoxy) is 3. The standard InChI is InChI=1S/C17H18N2O6/c1-10(20)23-6-2-3-7-24-12-5-4-11-8-13-15(21)18-17(22)19-16(13)25-14(11)9-12/h4-5,8-9,17,22H,2-3,6-7H2,1H3,(H,18,21). The predicted molar refractivity (Wildman–Crippen MR) is 88.0 cm³/mol. The number of esters is 1. The van der Waals surface area contributed by atoms with Gasteiger partial charge < -0.3 is 24.6 Å². The highest BCUT2D eigenvalue weighted by Gasteiger charge is 2.30. The number of nitrogens with one attached hydrogen (secondary N) is 1. The zero-order valence-corrected chi connectivity index (χ0v) is 13.7. The van der Waals surface area contributed by atoms with E-state index in [-0.39, 0.29) is 17.4 Å².